The van der Waals surface area contributed by atoms with Crippen molar-refractivity contribution in [3.8, 4) is 11.4 Å². The molecule has 4 N–H and O–H groups in total. The molecule has 3 rings (SSSR count). The van der Waals surface area contributed by atoms with E-state index in [4.69, 9.17) is 4.99 Å². The first-order valence-corrected chi connectivity index (χ1v) is 8.92. The van der Waals surface area contributed by atoms with Gasteiger partial charge in [-0.1, -0.05) is 18.2 Å². The molecule has 0 radical (unpaired) electrons. The first-order chi connectivity index (χ1) is 12.2. The lowest BCUT2D eigenvalue weighted by atomic mass is 9.93. The van der Waals surface area contributed by atoms with Gasteiger partial charge in [-0.25, -0.2) is 9.98 Å². The second-order valence-electron chi connectivity index (χ2n) is 6.38. The molecule has 2 aromatic rings. The van der Waals surface area contributed by atoms with Gasteiger partial charge in [0.25, 0.3) is 0 Å². The summed E-state index contributed by atoms with van der Waals surface area (Å²) in [6.07, 6.45) is 5.04. The third-order valence-corrected chi connectivity index (χ3v) is 4.42. The van der Waals surface area contributed by atoms with Gasteiger partial charge in [-0.3, -0.25) is 5.10 Å². The predicted octanol–water partition coefficient (Wildman–Crippen LogP) is 1.83. The van der Waals surface area contributed by atoms with E-state index in [1.807, 2.05) is 12.1 Å². The quantitative estimate of drug-likeness (QED) is 0.491. The van der Waals surface area contributed by atoms with Crippen LogP contribution in [-0.2, 0) is 6.54 Å². The van der Waals surface area contributed by atoms with E-state index in [1.165, 1.54) is 6.33 Å². The Bertz CT molecular complexity index is 677. The van der Waals surface area contributed by atoms with Crippen molar-refractivity contribution in [1.82, 2.24) is 25.8 Å². The highest BCUT2D eigenvalue weighted by atomic mass is 16.3. The molecule has 1 aromatic heterocycles. The van der Waals surface area contributed by atoms with Gasteiger partial charge in [-0.05, 0) is 44.2 Å². The van der Waals surface area contributed by atoms with Crippen molar-refractivity contribution >= 4 is 5.96 Å². The van der Waals surface area contributed by atoms with Gasteiger partial charge >= 0.3 is 0 Å². The zero-order valence-electron chi connectivity index (χ0n) is 14.6. The number of aliphatic hydroxyl groups excluding tert-OH is 1. The van der Waals surface area contributed by atoms with E-state index < -0.39 is 0 Å². The second-order valence-corrected chi connectivity index (χ2v) is 6.38. The summed E-state index contributed by atoms with van der Waals surface area (Å²) in [6, 6.07) is 8.52. The molecule has 1 heterocycles. The van der Waals surface area contributed by atoms with Crippen LogP contribution in [0.25, 0.3) is 11.4 Å². The monoisotopic (exact) mass is 342 g/mol. The van der Waals surface area contributed by atoms with Crippen LogP contribution in [-0.4, -0.2) is 44.9 Å². The van der Waals surface area contributed by atoms with E-state index in [2.05, 4.69) is 44.9 Å². The Kier molecular flexibility index (Phi) is 6.00. The molecule has 7 nitrogen and oxygen atoms in total. The van der Waals surface area contributed by atoms with Gasteiger partial charge in [0.2, 0.25) is 0 Å². The number of hydrogen-bond acceptors (Lipinski definition) is 4. The van der Waals surface area contributed by atoms with Gasteiger partial charge < -0.3 is 15.7 Å². The molecule has 1 saturated carbocycles. The first-order valence-electron chi connectivity index (χ1n) is 8.92. The largest absolute Gasteiger partial charge is 0.393 e. The molecular weight excluding hydrogens is 316 g/mol. The van der Waals surface area contributed by atoms with Crippen molar-refractivity contribution in [2.24, 2.45) is 4.99 Å². The molecule has 7 heteroatoms. The van der Waals surface area contributed by atoms with Crippen LogP contribution >= 0.6 is 0 Å². The Morgan fingerprint density at radius 2 is 2.16 bits per heavy atom. The van der Waals surface area contributed by atoms with Crippen LogP contribution in [0.4, 0.5) is 0 Å². The maximum atomic E-state index is 9.64. The summed E-state index contributed by atoms with van der Waals surface area (Å²) < 4.78 is 0. The lowest BCUT2D eigenvalue weighted by Gasteiger charge is -2.27. The molecule has 0 unspecified atom stereocenters. The highest BCUT2D eigenvalue weighted by Gasteiger charge is 2.19. The van der Waals surface area contributed by atoms with Crippen LogP contribution in [0.15, 0.2) is 35.6 Å². The summed E-state index contributed by atoms with van der Waals surface area (Å²) in [6.45, 7) is 3.47. The maximum Gasteiger partial charge on any atom is 0.191 e. The van der Waals surface area contributed by atoms with Crippen molar-refractivity contribution in [3.05, 3.63) is 36.2 Å². The van der Waals surface area contributed by atoms with E-state index in [0.29, 0.717) is 12.6 Å². The summed E-state index contributed by atoms with van der Waals surface area (Å²) in [5.41, 5.74) is 2.12. The van der Waals surface area contributed by atoms with Gasteiger partial charge in [0.1, 0.15) is 6.33 Å². The fourth-order valence-corrected chi connectivity index (χ4v) is 3.07. The molecule has 1 aliphatic rings. The summed E-state index contributed by atoms with van der Waals surface area (Å²) >= 11 is 0. The normalized spacial score (nSPS) is 21.1. The van der Waals surface area contributed by atoms with E-state index >= 15 is 0 Å². The highest BCUT2D eigenvalue weighted by Crippen LogP contribution is 2.18. The summed E-state index contributed by atoms with van der Waals surface area (Å²) in [5, 5.41) is 23.2. The fraction of sp³-hybridized carbons (Fsp3) is 0.500. The van der Waals surface area contributed by atoms with Crippen LogP contribution in [0.1, 0.15) is 38.2 Å². The second kappa shape index (κ2) is 8.62. The van der Waals surface area contributed by atoms with Crippen LogP contribution < -0.4 is 10.6 Å². The average Bonchev–Trinajstić information content (AvgIpc) is 3.17. The topological polar surface area (TPSA) is 98.2 Å². The van der Waals surface area contributed by atoms with Gasteiger partial charge in [-0.15, -0.1) is 0 Å². The Balaban J connectivity index is 1.64. The van der Waals surface area contributed by atoms with Crippen molar-refractivity contribution in [2.45, 2.75) is 51.3 Å². The van der Waals surface area contributed by atoms with E-state index in [-0.39, 0.29) is 6.10 Å². The molecule has 0 spiro atoms. The number of H-pyrrole nitrogens is 1. The Morgan fingerprint density at radius 1 is 1.32 bits per heavy atom. The van der Waals surface area contributed by atoms with Gasteiger partial charge in [-0.2, -0.15) is 5.10 Å². The molecule has 1 fully saturated rings. The number of aliphatic hydroxyl groups is 1. The van der Waals surface area contributed by atoms with Crippen LogP contribution in [0.2, 0.25) is 0 Å². The van der Waals surface area contributed by atoms with E-state index in [0.717, 1.165) is 55.1 Å². The molecule has 0 saturated heterocycles. The zero-order valence-corrected chi connectivity index (χ0v) is 14.6. The minimum Gasteiger partial charge on any atom is -0.393 e. The van der Waals surface area contributed by atoms with Crippen LogP contribution in [0.3, 0.4) is 0 Å². The zero-order chi connectivity index (χ0) is 17.5. The van der Waals surface area contributed by atoms with Gasteiger partial charge in [0, 0.05) is 18.2 Å². The van der Waals surface area contributed by atoms with Crippen LogP contribution in [0, 0.1) is 0 Å². The third kappa shape index (κ3) is 5.03. The minimum absolute atomic E-state index is 0.142. The molecule has 0 atom stereocenters. The SMILES string of the molecule is CCNC(=NCc1cccc(-c2ncn[nH]2)c1)NC1CCC(O)CC1. The number of guanidine groups is 1. The van der Waals surface area contributed by atoms with Crippen LogP contribution in [0.5, 0.6) is 0 Å². The van der Waals surface area contributed by atoms with Crippen molar-refractivity contribution < 1.29 is 5.11 Å². The van der Waals surface area contributed by atoms with Gasteiger partial charge in [0.05, 0.1) is 12.6 Å². The molecule has 1 aliphatic carbocycles. The van der Waals surface area contributed by atoms with E-state index in [1.54, 1.807) is 0 Å². The predicted molar refractivity (Wildman–Crippen MR) is 98.0 cm³/mol. The molecule has 0 aliphatic heterocycles. The highest BCUT2D eigenvalue weighted by molar-refractivity contribution is 5.80. The number of rotatable bonds is 5. The molecule has 1 aromatic carbocycles. The number of nitrogens with zero attached hydrogens (tertiary/aromatic N) is 3. The van der Waals surface area contributed by atoms with Crippen molar-refractivity contribution in [2.75, 3.05) is 6.54 Å². The fourth-order valence-electron chi connectivity index (χ4n) is 3.07. The number of aromatic nitrogens is 3. The molecule has 134 valence electrons. The van der Waals surface area contributed by atoms with E-state index in [9.17, 15) is 5.11 Å². The number of aliphatic imine (C=N–C) groups is 1. The maximum absolute atomic E-state index is 9.64. The number of aromatic amines is 1. The van der Waals surface area contributed by atoms with Crippen molar-refractivity contribution in [1.29, 1.82) is 0 Å². The Labute approximate surface area is 148 Å². The van der Waals surface area contributed by atoms with Gasteiger partial charge in [0.15, 0.2) is 11.8 Å². The third-order valence-electron chi connectivity index (χ3n) is 4.42. The average molecular weight is 342 g/mol. The Hall–Kier alpha value is -2.41. The molecule has 0 bridgehead atoms. The summed E-state index contributed by atoms with van der Waals surface area (Å²) in [5.74, 6) is 1.59. The minimum atomic E-state index is -0.142. The lowest BCUT2D eigenvalue weighted by molar-refractivity contribution is 0.120. The number of hydrogen-bond donors (Lipinski definition) is 4. The smallest absolute Gasteiger partial charge is 0.191 e. The molecule has 0 amide bonds. The molecular formula is C18H26N6O. The first kappa shape index (κ1) is 17.4. The lowest BCUT2D eigenvalue weighted by Crippen LogP contribution is -2.45. The number of nitrogens with one attached hydrogen (secondary N) is 3. The summed E-state index contributed by atoms with van der Waals surface area (Å²) in [7, 11) is 0. The molecule has 25 heavy (non-hydrogen) atoms. The Morgan fingerprint density at radius 3 is 2.88 bits per heavy atom. The number of benzene rings is 1. The summed E-state index contributed by atoms with van der Waals surface area (Å²) in [4.78, 5) is 8.89. The standard InChI is InChI=1S/C18H26N6O/c1-2-19-18(23-15-6-8-16(25)9-7-15)20-11-13-4-3-5-14(10-13)17-21-12-22-24-17/h3-5,10,12,15-16,25H,2,6-9,11H2,1H3,(H2,19,20,23)(H,21,22,24). The van der Waals surface area contributed by atoms with Crippen molar-refractivity contribution in [3.63, 3.8) is 0 Å².